The van der Waals surface area contributed by atoms with Crippen LogP contribution in [0, 0.1) is 0 Å². The Labute approximate surface area is 108 Å². The van der Waals surface area contributed by atoms with E-state index in [0.29, 0.717) is 0 Å². The van der Waals surface area contributed by atoms with E-state index in [0.717, 1.165) is 28.5 Å². The molecule has 0 aliphatic heterocycles. The summed E-state index contributed by atoms with van der Waals surface area (Å²) in [5.74, 6) is 0. The zero-order valence-electron chi connectivity index (χ0n) is 10.2. The molecule has 0 fully saturated rings. The lowest BCUT2D eigenvalue weighted by atomic mass is 10.1. The number of pyridine rings is 1. The predicted molar refractivity (Wildman–Crippen MR) is 66.0 cm³/mol. The van der Waals surface area contributed by atoms with E-state index in [2.05, 4.69) is 0 Å². The van der Waals surface area contributed by atoms with Crippen LogP contribution in [0.3, 0.4) is 0 Å². The number of rotatable bonds is 2. The van der Waals surface area contributed by atoms with E-state index in [9.17, 15) is 18.0 Å². The topological polar surface area (TPSA) is 22.0 Å². The van der Waals surface area contributed by atoms with Crippen molar-refractivity contribution in [3.8, 4) is 0 Å². The maximum atomic E-state index is 12.7. The Balaban J connectivity index is 2.48. The van der Waals surface area contributed by atoms with Gasteiger partial charge in [-0.15, -0.1) is 0 Å². The Morgan fingerprint density at radius 1 is 1.05 bits per heavy atom. The summed E-state index contributed by atoms with van der Waals surface area (Å²) in [4.78, 5) is 11.7. The van der Waals surface area contributed by atoms with Gasteiger partial charge in [0.05, 0.1) is 11.6 Å². The number of aromatic nitrogens is 1. The van der Waals surface area contributed by atoms with E-state index < -0.39 is 23.3 Å². The molecule has 1 heterocycles. The van der Waals surface area contributed by atoms with Gasteiger partial charge in [-0.1, -0.05) is 30.3 Å². The molecule has 2 rings (SSSR count). The molecular weight excluding hydrogens is 255 g/mol. The lowest BCUT2D eigenvalue weighted by Crippen LogP contribution is -2.24. The molecule has 0 bridgehead atoms. The zero-order valence-corrected chi connectivity index (χ0v) is 10.2. The van der Waals surface area contributed by atoms with Crippen LogP contribution in [0.5, 0.6) is 0 Å². The van der Waals surface area contributed by atoms with Gasteiger partial charge in [0.25, 0.3) is 5.56 Å². The smallest absolute Gasteiger partial charge is 0.308 e. The van der Waals surface area contributed by atoms with Gasteiger partial charge in [0.2, 0.25) is 0 Å². The first-order valence-corrected chi connectivity index (χ1v) is 5.74. The van der Waals surface area contributed by atoms with Crippen LogP contribution in [0.1, 0.15) is 24.1 Å². The van der Waals surface area contributed by atoms with Crippen molar-refractivity contribution in [1.82, 2.24) is 4.57 Å². The highest BCUT2D eigenvalue weighted by molar-refractivity contribution is 5.21. The Bertz CT molecular complexity index is 617. The van der Waals surface area contributed by atoms with E-state index in [1.165, 1.54) is 0 Å². The summed E-state index contributed by atoms with van der Waals surface area (Å²) in [6.45, 7) is 1.69. The van der Waals surface area contributed by atoms with Gasteiger partial charge in [-0.25, -0.2) is 0 Å². The summed E-state index contributed by atoms with van der Waals surface area (Å²) in [5, 5.41) is 0. The van der Waals surface area contributed by atoms with Gasteiger partial charge in [0.1, 0.15) is 0 Å². The first-order chi connectivity index (χ1) is 8.89. The van der Waals surface area contributed by atoms with Crippen molar-refractivity contribution >= 4 is 0 Å². The summed E-state index contributed by atoms with van der Waals surface area (Å²) in [6.07, 6.45) is -3.59. The molecule has 0 saturated heterocycles. The van der Waals surface area contributed by atoms with Crippen LogP contribution >= 0.6 is 0 Å². The Hall–Kier alpha value is -2.04. The lowest BCUT2D eigenvalue weighted by molar-refractivity contribution is -0.138. The highest BCUT2D eigenvalue weighted by atomic mass is 19.4. The van der Waals surface area contributed by atoms with Crippen LogP contribution in [-0.4, -0.2) is 4.57 Å². The number of halogens is 3. The fraction of sp³-hybridized carbons (Fsp3) is 0.214. The van der Waals surface area contributed by atoms with Gasteiger partial charge < -0.3 is 4.57 Å². The maximum Gasteiger partial charge on any atom is 0.417 e. The van der Waals surface area contributed by atoms with Crippen molar-refractivity contribution in [2.45, 2.75) is 19.1 Å². The SMILES string of the molecule is CC(c1ccccc1)n1cc(C(F)(F)F)ccc1=O. The summed E-state index contributed by atoms with van der Waals surface area (Å²) in [5.41, 5.74) is -0.497. The molecule has 0 saturated carbocycles. The quantitative estimate of drug-likeness (QED) is 0.816. The summed E-state index contributed by atoms with van der Waals surface area (Å²) in [7, 11) is 0. The van der Waals surface area contributed by atoms with Crippen LogP contribution in [0.4, 0.5) is 13.2 Å². The molecule has 1 atom stereocenters. The molecule has 0 amide bonds. The van der Waals surface area contributed by atoms with Crippen molar-refractivity contribution in [3.05, 3.63) is 70.1 Å². The highest BCUT2D eigenvalue weighted by Gasteiger charge is 2.31. The molecule has 1 aromatic carbocycles. The fourth-order valence-electron chi connectivity index (χ4n) is 1.87. The first-order valence-electron chi connectivity index (χ1n) is 5.74. The fourth-order valence-corrected chi connectivity index (χ4v) is 1.87. The van der Waals surface area contributed by atoms with Gasteiger partial charge in [-0.2, -0.15) is 13.2 Å². The number of benzene rings is 1. The minimum Gasteiger partial charge on any atom is -0.308 e. The maximum absolute atomic E-state index is 12.7. The number of hydrogen-bond donors (Lipinski definition) is 0. The Kier molecular flexibility index (Phi) is 3.46. The Morgan fingerprint density at radius 3 is 2.26 bits per heavy atom. The molecule has 2 aromatic rings. The first kappa shape index (κ1) is 13.4. The van der Waals surface area contributed by atoms with Gasteiger partial charge in [0, 0.05) is 12.3 Å². The van der Waals surface area contributed by atoms with Crippen molar-refractivity contribution < 1.29 is 13.2 Å². The van der Waals surface area contributed by atoms with Gasteiger partial charge in [-0.05, 0) is 18.6 Å². The summed E-state index contributed by atoms with van der Waals surface area (Å²) >= 11 is 0. The van der Waals surface area contributed by atoms with Crippen molar-refractivity contribution in [2.75, 3.05) is 0 Å². The minimum atomic E-state index is -4.45. The second-order valence-corrected chi connectivity index (χ2v) is 4.25. The van der Waals surface area contributed by atoms with E-state index in [-0.39, 0.29) is 0 Å². The molecule has 2 nitrogen and oxygen atoms in total. The second-order valence-electron chi connectivity index (χ2n) is 4.25. The van der Waals surface area contributed by atoms with Crippen LogP contribution < -0.4 is 5.56 Å². The minimum absolute atomic E-state index is 0.448. The molecule has 0 aliphatic rings. The third-order valence-electron chi connectivity index (χ3n) is 2.96. The Morgan fingerprint density at radius 2 is 1.68 bits per heavy atom. The number of hydrogen-bond acceptors (Lipinski definition) is 1. The molecule has 0 radical (unpaired) electrons. The highest BCUT2D eigenvalue weighted by Crippen LogP contribution is 2.29. The van der Waals surface area contributed by atoms with Crippen molar-refractivity contribution in [3.63, 3.8) is 0 Å². The van der Waals surface area contributed by atoms with Crippen molar-refractivity contribution in [2.24, 2.45) is 0 Å². The number of alkyl halides is 3. The molecule has 1 aromatic heterocycles. The second kappa shape index (κ2) is 4.91. The molecule has 100 valence electrons. The molecule has 19 heavy (non-hydrogen) atoms. The van der Waals surface area contributed by atoms with E-state index in [1.54, 1.807) is 31.2 Å². The summed E-state index contributed by atoms with van der Waals surface area (Å²) < 4.78 is 39.0. The van der Waals surface area contributed by atoms with Crippen LogP contribution in [0.25, 0.3) is 0 Å². The van der Waals surface area contributed by atoms with Gasteiger partial charge in [-0.3, -0.25) is 4.79 Å². The lowest BCUT2D eigenvalue weighted by Gasteiger charge is -2.17. The molecular formula is C14H12F3NO. The normalized spacial score (nSPS) is 13.3. The van der Waals surface area contributed by atoms with Crippen molar-refractivity contribution in [1.29, 1.82) is 0 Å². The number of nitrogens with zero attached hydrogens (tertiary/aromatic N) is 1. The third kappa shape index (κ3) is 2.86. The van der Waals surface area contributed by atoms with E-state index in [4.69, 9.17) is 0 Å². The van der Waals surface area contributed by atoms with E-state index >= 15 is 0 Å². The van der Waals surface area contributed by atoms with Gasteiger partial charge in [0.15, 0.2) is 0 Å². The zero-order chi connectivity index (χ0) is 14.0. The molecule has 5 heteroatoms. The third-order valence-corrected chi connectivity index (χ3v) is 2.96. The van der Waals surface area contributed by atoms with Crippen LogP contribution in [0.15, 0.2) is 53.5 Å². The standard InChI is InChI=1S/C14H12F3NO/c1-10(11-5-3-2-4-6-11)18-9-12(14(15,16)17)7-8-13(18)19/h2-10H,1H3. The summed E-state index contributed by atoms with van der Waals surface area (Å²) in [6, 6.07) is 10.2. The molecule has 0 N–H and O–H groups in total. The largest absolute Gasteiger partial charge is 0.417 e. The molecule has 0 aliphatic carbocycles. The van der Waals surface area contributed by atoms with Crippen LogP contribution in [0.2, 0.25) is 0 Å². The van der Waals surface area contributed by atoms with E-state index in [1.807, 2.05) is 6.07 Å². The predicted octanol–water partition coefficient (Wildman–Crippen LogP) is 3.48. The monoisotopic (exact) mass is 267 g/mol. The van der Waals surface area contributed by atoms with Crippen LogP contribution in [-0.2, 0) is 6.18 Å². The molecule has 1 unspecified atom stereocenters. The average Bonchev–Trinajstić information content (AvgIpc) is 2.38. The van der Waals surface area contributed by atoms with Gasteiger partial charge >= 0.3 is 6.18 Å². The molecule has 0 spiro atoms. The average molecular weight is 267 g/mol.